The molecule has 1 aliphatic heterocycles. The Labute approximate surface area is 176 Å². The summed E-state index contributed by atoms with van der Waals surface area (Å²) in [4.78, 5) is 0. The van der Waals surface area contributed by atoms with E-state index >= 15 is 0 Å². The largest absolute Gasteiger partial charge is 0.222 e. The third-order valence-corrected chi connectivity index (χ3v) is 5.05. The standard InChI is InChI=1S/C22H19ClN.ClHO4/c1-22(2)19-5-3-4-6-20(19)24-14-13-17(15-21(22)24)8-7-16-9-11-18(23)12-10-16;2-1(3,4)5/h3-15H,1-2H3;(H,2,3,4,5)/q+1;/p-1. The Hall–Kier alpha value is -2.25. The van der Waals surface area contributed by atoms with Crippen molar-refractivity contribution in [1.82, 2.24) is 0 Å². The second-order valence-corrected chi connectivity index (χ2v) is 8.31. The average Bonchev–Trinajstić information content (AvgIpc) is 2.88. The Morgan fingerprint density at radius 1 is 0.862 bits per heavy atom. The number of halogens is 2. The van der Waals surface area contributed by atoms with E-state index in [9.17, 15) is 0 Å². The van der Waals surface area contributed by atoms with Gasteiger partial charge in [0, 0.05) is 28.8 Å². The molecule has 0 unspecified atom stereocenters. The molecular formula is C22H19Cl2NO4. The Balaban J connectivity index is 0.000000431. The van der Waals surface area contributed by atoms with Crippen molar-refractivity contribution < 1.29 is 33.4 Å². The number of aromatic nitrogens is 1. The molecule has 5 nitrogen and oxygen atoms in total. The summed E-state index contributed by atoms with van der Waals surface area (Å²) >= 11 is 5.94. The molecule has 0 fully saturated rings. The molecule has 1 aromatic heterocycles. The Morgan fingerprint density at radius 2 is 1.45 bits per heavy atom. The van der Waals surface area contributed by atoms with Gasteiger partial charge in [-0.3, -0.25) is 0 Å². The minimum Gasteiger partial charge on any atom is -0.222 e. The van der Waals surface area contributed by atoms with Crippen LogP contribution in [0.15, 0.2) is 66.9 Å². The van der Waals surface area contributed by atoms with Crippen LogP contribution in [-0.4, -0.2) is 0 Å². The van der Waals surface area contributed by atoms with Crippen molar-refractivity contribution >= 4 is 23.8 Å². The number of para-hydroxylation sites is 1. The highest BCUT2D eigenvalue weighted by atomic mass is 35.7. The number of pyridine rings is 1. The Kier molecular flexibility index (Phi) is 6.10. The normalized spacial score (nSPS) is 14.2. The summed E-state index contributed by atoms with van der Waals surface area (Å²) in [5, 5.41) is 0.764. The van der Waals surface area contributed by atoms with Crippen molar-refractivity contribution in [2.45, 2.75) is 19.3 Å². The predicted octanol–water partition coefficient (Wildman–Crippen LogP) is 0.670. The van der Waals surface area contributed by atoms with E-state index in [1.807, 2.05) is 24.3 Å². The summed E-state index contributed by atoms with van der Waals surface area (Å²) in [7, 11) is -4.94. The molecule has 1 aliphatic rings. The minimum atomic E-state index is -4.94. The first kappa shape index (κ1) is 21.5. The smallest absolute Gasteiger partial charge is 0.215 e. The number of benzene rings is 2. The van der Waals surface area contributed by atoms with Crippen LogP contribution < -0.4 is 23.2 Å². The second kappa shape index (κ2) is 8.24. The summed E-state index contributed by atoms with van der Waals surface area (Å²) in [6, 6.07) is 21.0. The fourth-order valence-electron chi connectivity index (χ4n) is 3.43. The minimum absolute atomic E-state index is 0.0146. The molecule has 0 bridgehead atoms. The average molecular weight is 432 g/mol. The van der Waals surface area contributed by atoms with E-state index in [2.05, 4.69) is 73.2 Å². The molecule has 0 N–H and O–H groups in total. The molecular weight excluding hydrogens is 413 g/mol. The van der Waals surface area contributed by atoms with Crippen LogP contribution in [0.5, 0.6) is 0 Å². The summed E-state index contributed by atoms with van der Waals surface area (Å²) in [5.74, 6) is 0. The lowest BCUT2D eigenvalue weighted by Gasteiger charge is -2.17. The maximum atomic E-state index is 8.49. The van der Waals surface area contributed by atoms with Gasteiger partial charge in [0.1, 0.15) is 0 Å². The lowest BCUT2D eigenvalue weighted by atomic mass is 9.83. The van der Waals surface area contributed by atoms with E-state index in [0.717, 1.165) is 10.6 Å². The third kappa shape index (κ3) is 5.22. The van der Waals surface area contributed by atoms with Gasteiger partial charge in [0.05, 0.1) is 5.41 Å². The van der Waals surface area contributed by atoms with E-state index < -0.39 is 10.2 Å². The molecule has 4 rings (SSSR count). The van der Waals surface area contributed by atoms with Crippen molar-refractivity contribution in [3.8, 4) is 5.69 Å². The zero-order valence-electron chi connectivity index (χ0n) is 15.8. The lowest BCUT2D eigenvalue weighted by molar-refractivity contribution is -2.00. The highest BCUT2D eigenvalue weighted by Gasteiger charge is 2.43. The van der Waals surface area contributed by atoms with Crippen molar-refractivity contribution in [3.63, 3.8) is 0 Å². The topological polar surface area (TPSA) is 96.1 Å². The number of nitrogens with zero attached hydrogens (tertiary/aromatic N) is 1. The zero-order chi connectivity index (χ0) is 21.2. The fraction of sp³-hybridized carbons (Fsp3) is 0.136. The molecule has 29 heavy (non-hydrogen) atoms. The molecule has 0 saturated carbocycles. The molecule has 0 radical (unpaired) electrons. The fourth-order valence-corrected chi connectivity index (χ4v) is 3.55. The first-order chi connectivity index (χ1) is 13.6. The van der Waals surface area contributed by atoms with Crippen LogP contribution in [0.4, 0.5) is 0 Å². The van der Waals surface area contributed by atoms with Gasteiger partial charge in [-0.1, -0.05) is 54.1 Å². The molecule has 0 spiro atoms. The van der Waals surface area contributed by atoms with Gasteiger partial charge >= 0.3 is 0 Å². The first-order valence-corrected chi connectivity index (χ1v) is 10.4. The molecule has 150 valence electrons. The van der Waals surface area contributed by atoms with Crippen LogP contribution in [0.3, 0.4) is 0 Å². The summed E-state index contributed by atoms with van der Waals surface area (Å²) < 4.78 is 36.3. The van der Waals surface area contributed by atoms with Crippen LogP contribution in [0, 0.1) is 10.2 Å². The van der Waals surface area contributed by atoms with E-state index in [1.54, 1.807) is 0 Å². The predicted molar refractivity (Wildman–Crippen MR) is 100 cm³/mol. The number of fused-ring (bicyclic) bond motifs is 3. The monoisotopic (exact) mass is 431 g/mol. The Morgan fingerprint density at radius 3 is 2.10 bits per heavy atom. The van der Waals surface area contributed by atoms with Gasteiger partial charge in [-0.25, -0.2) is 18.6 Å². The third-order valence-electron chi connectivity index (χ3n) is 4.79. The van der Waals surface area contributed by atoms with Gasteiger partial charge in [0.25, 0.3) is 0 Å². The number of rotatable bonds is 2. The summed E-state index contributed by atoms with van der Waals surface area (Å²) in [5.41, 5.74) is 6.35. The number of hydrogen-bond acceptors (Lipinski definition) is 4. The van der Waals surface area contributed by atoms with E-state index in [4.69, 9.17) is 30.2 Å². The summed E-state index contributed by atoms with van der Waals surface area (Å²) in [6.45, 7) is 4.58. The van der Waals surface area contributed by atoms with Crippen LogP contribution in [0.2, 0.25) is 5.02 Å². The van der Waals surface area contributed by atoms with Crippen molar-refractivity contribution in [2.75, 3.05) is 0 Å². The van der Waals surface area contributed by atoms with Crippen molar-refractivity contribution in [3.05, 3.63) is 94.3 Å². The van der Waals surface area contributed by atoms with Crippen molar-refractivity contribution in [2.24, 2.45) is 0 Å². The molecule has 0 amide bonds. The molecule has 3 aromatic rings. The molecule has 0 saturated heterocycles. The van der Waals surface area contributed by atoms with E-state index in [1.165, 1.54) is 22.5 Å². The van der Waals surface area contributed by atoms with Crippen LogP contribution in [0.1, 0.15) is 36.2 Å². The maximum Gasteiger partial charge on any atom is 0.215 e. The van der Waals surface area contributed by atoms with Crippen LogP contribution in [-0.2, 0) is 5.41 Å². The van der Waals surface area contributed by atoms with Gasteiger partial charge in [-0.2, -0.15) is 4.57 Å². The Bertz CT molecular complexity index is 1040. The second-order valence-electron chi connectivity index (χ2n) is 7.12. The van der Waals surface area contributed by atoms with Crippen molar-refractivity contribution in [1.29, 1.82) is 0 Å². The van der Waals surface area contributed by atoms with Crippen LogP contribution >= 0.6 is 11.6 Å². The molecule has 0 atom stereocenters. The van der Waals surface area contributed by atoms with Gasteiger partial charge in [0.2, 0.25) is 5.69 Å². The number of hydrogen-bond donors (Lipinski definition) is 0. The highest BCUT2D eigenvalue weighted by molar-refractivity contribution is 6.30. The molecule has 2 aromatic carbocycles. The lowest BCUT2D eigenvalue weighted by Crippen LogP contribution is -2.68. The molecule has 7 heteroatoms. The highest BCUT2D eigenvalue weighted by Crippen LogP contribution is 2.37. The first-order valence-electron chi connectivity index (χ1n) is 8.77. The zero-order valence-corrected chi connectivity index (χ0v) is 17.4. The van der Waals surface area contributed by atoms with Gasteiger partial charge < -0.3 is 0 Å². The SMILES string of the molecule is CC1(C)c2ccccc2-[n+]2ccc(C=Cc3ccc(Cl)cc3)cc21.[O-][Cl+3]([O-])([O-])[O-]. The maximum absolute atomic E-state index is 8.49. The van der Waals surface area contributed by atoms with Gasteiger partial charge in [0.15, 0.2) is 11.9 Å². The van der Waals surface area contributed by atoms with Crippen LogP contribution in [0.25, 0.3) is 17.8 Å². The van der Waals surface area contributed by atoms with Gasteiger partial charge in [-0.15, -0.1) is 10.2 Å². The molecule has 0 aliphatic carbocycles. The summed E-state index contributed by atoms with van der Waals surface area (Å²) in [6.07, 6.45) is 6.45. The van der Waals surface area contributed by atoms with E-state index in [-0.39, 0.29) is 5.41 Å². The quantitative estimate of drug-likeness (QED) is 0.557. The van der Waals surface area contributed by atoms with E-state index in [0.29, 0.717) is 0 Å². The van der Waals surface area contributed by atoms with Gasteiger partial charge in [-0.05, 0) is 37.1 Å². The molecule has 2 heterocycles.